The number of ether oxygens (including phenoxy) is 2. The van der Waals surface area contributed by atoms with Crippen molar-refractivity contribution < 1.29 is 27.1 Å². The van der Waals surface area contributed by atoms with Gasteiger partial charge in [-0.1, -0.05) is 0 Å². The minimum absolute atomic E-state index is 0.0143. The third kappa shape index (κ3) is 3.80. The summed E-state index contributed by atoms with van der Waals surface area (Å²) in [5, 5.41) is 0. The van der Waals surface area contributed by atoms with E-state index < -0.39 is 15.8 Å². The normalized spacial score (nSPS) is 17.0. The zero-order valence-corrected chi connectivity index (χ0v) is 15.7. The van der Waals surface area contributed by atoms with Crippen LogP contribution in [0.4, 0.5) is 10.1 Å². The van der Waals surface area contributed by atoms with Crippen molar-refractivity contribution in [3.63, 3.8) is 0 Å². The maximum absolute atomic E-state index is 13.5. The standard InChI is InChI=1S/C17H18FN3O5S/c1-10-9-21(2)17(22)13-7-12(8-19-16(13)26-10)20-27(23,24)15-6-11(18)4-5-14(15)25-3/h4-8,10,20H,9H2,1-3H3. The second-order valence-electron chi connectivity index (χ2n) is 6.09. The monoisotopic (exact) mass is 395 g/mol. The van der Waals surface area contributed by atoms with Gasteiger partial charge in [-0.15, -0.1) is 0 Å². The van der Waals surface area contributed by atoms with Gasteiger partial charge in [-0.2, -0.15) is 0 Å². The number of benzene rings is 1. The largest absolute Gasteiger partial charge is 0.495 e. The van der Waals surface area contributed by atoms with Crippen molar-refractivity contribution >= 4 is 21.6 Å². The van der Waals surface area contributed by atoms with Crippen molar-refractivity contribution in [2.24, 2.45) is 0 Å². The fraction of sp³-hybridized carbons (Fsp3) is 0.294. The van der Waals surface area contributed by atoms with Gasteiger partial charge >= 0.3 is 0 Å². The van der Waals surface area contributed by atoms with Gasteiger partial charge in [-0.3, -0.25) is 9.52 Å². The number of pyridine rings is 1. The summed E-state index contributed by atoms with van der Waals surface area (Å²) >= 11 is 0. The second-order valence-corrected chi connectivity index (χ2v) is 7.74. The summed E-state index contributed by atoms with van der Waals surface area (Å²) in [7, 11) is -1.28. The van der Waals surface area contributed by atoms with E-state index in [2.05, 4.69) is 9.71 Å². The molecule has 1 aliphatic rings. The van der Waals surface area contributed by atoms with E-state index in [0.29, 0.717) is 6.54 Å². The quantitative estimate of drug-likeness (QED) is 0.849. The topological polar surface area (TPSA) is 97.8 Å². The molecule has 0 radical (unpaired) electrons. The number of hydrogen-bond donors (Lipinski definition) is 1. The van der Waals surface area contributed by atoms with Gasteiger partial charge in [0.15, 0.2) is 0 Å². The zero-order valence-electron chi connectivity index (χ0n) is 14.9. The second kappa shape index (κ2) is 7.03. The number of methoxy groups -OCH3 is 1. The van der Waals surface area contributed by atoms with Crippen LogP contribution in [-0.4, -0.2) is 51.0 Å². The molecule has 10 heteroatoms. The van der Waals surface area contributed by atoms with Gasteiger partial charge in [0.1, 0.15) is 28.1 Å². The third-order valence-electron chi connectivity index (χ3n) is 3.94. The Hall–Kier alpha value is -2.88. The summed E-state index contributed by atoms with van der Waals surface area (Å²) in [6.07, 6.45) is 0.972. The molecule has 1 unspecified atom stereocenters. The van der Waals surface area contributed by atoms with E-state index in [1.54, 1.807) is 14.0 Å². The highest BCUT2D eigenvalue weighted by Crippen LogP contribution is 2.29. The van der Waals surface area contributed by atoms with Crippen molar-refractivity contribution in [3.05, 3.63) is 41.8 Å². The number of carbonyl (C=O) groups excluding carboxylic acids is 1. The first-order chi connectivity index (χ1) is 12.7. The molecular weight excluding hydrogens is 377 g/mol. The van der Waals surface area contributed by atoms with E-state index in [9.17, 15) is 17.6 Å². The number of anilines is 1. The van der Waals surface area contributed by atoms with Crippen LogP contribution in [0.25, 0.3) is 0 Å². The van der Waals surface area contributed by atoms with E-state index in [-0.39, 0.29) is 39.8 Å². The van der Waals surface area contributed by atoms with Crippen molar-refractivity contribution in [3.8, 4) is 11.6 Å². The molecule has 1 amide bonds. The number of aromatic nitrogens is 1. The number of hydrogen-bond acceptors (Lipinski definition) is 6. The number of likely N-dealkylation sites (N-methyl/N-ethyl adjacent to an activating group) is 1. The Kier molecular flexibility index (Phi) is 4.92. The Morgan fingerprint density at radius 2 is 2.11 bits per heavy atom. The summed E-state index contributed by atoms with van der Waals surface area (Å²) in [5.74, 6) is -0.954. The lowest BCUT2D eigenvalue weighted by Crippen LogP contribution is -2.32. The molecule has 0 fully saturated rings. The molecule has 1 atom stereocenters. The molecule has 1 N–H and O–H groups in total. The van der Waals surface area contributed by atoms with E-state index in [4.69, 9.17) is 9.47 Å². The van der Waals surface area contributed by atoms with Crippen LogP contribution >= 0.6 is 0 Å². The lowest BCUT2D eigenvalue weighted by Gasteiger charge is -2.16. The maximum Gasteiger partial charge on any atom is 0.265 e. The van der Waals surface area contributed by atoms with E-state index in [1.165, 1.54) is 30.3 Å². The fourth-order valence-corrected chi connectivity index (χ4v) is 3.94. The zero-order chi connectivity index (χ0) is 19.8. The van der Waals surface area contributed by atoms with Crippen LogP contribution in [0.5, 0.6) is 11.6 Å². The molecule has 2 heterocycles. The maximum atomic E-state index is 13.5. The first-order valence-corrected chi connectivity index (χ1v) is 9.48. The number of halogens is 1. The number of rotatable bonds is 4. The lowest BCUT2D eigenvalue weighted by molar-refractivity contribution is 0.0769. The molecule has 2 aromatic rings. The number of fused-ring (bicyclic) bond motifs is 1. The number of carbonyl (C=O) groups is 1. The molecule has 27 heavy (non-hydrogen) atoms. The molecule has 8 nitrogen and oxygen atoms in total. The van der Waals surface area contributed by atoms with Crippen LogP contribution in [0.15, 0.2) is 35.4 Å². The van der Waals surface area contributed by atoms with Gasteiger partial charge in [0.05, 0.1) is 25.5 Å². The average molecular weight is 395 g/mol. The fourth-order valence-electron chi connectivity index (χ4n) is 2.73. The Balaban J connectivity index is 1.98. The molecule has 0 saturated heterocycles. The Labute approximate surface area is 156 Å². The van der Waals surface area contributed by atoms with E-state index in [1.807, 2.05) is 0 Å². The van der Waals surface area contributed by atoms with E-state index >= 15 is 0 Å². The van der Waals surface area contributed by atoms with Crippen molar-refractivity contribution in [2.45, 2.75) is 17.9 Å². The Morgan fingerprint density at radius 3 is 2.81 bits per heavy atom. The molecular formula is C17H18FN3O5S. The summed E-state index contributed by atoms with van der Waals surface area (Å²) in [5.41, 5.74) is 0.174. The van der Waals surface area contributed by atoms with Crippen LogP contribution in [0, 0.1) is 5.82 Å². The van der Waals surface area contributed by atoms with E-state index in [0.717, 1.165) is 12.1 Å². The number of nitrogens with one attached hydrogen (secondary N) is 1. The first-order valence-electron chi connectivity index (χ1n) is 8.00. The van der Waals surface area contributed by atoms with Gasteiger partial charge < -0.3 is 14.4 Å². The highest BCUT2D eigenvalue weighted by Gasteiger charge is 2.27. The summed E-state index contributed by atoms with van der Waals surface area (Å²) < 4.78 is 51.7. The summed E-state index contributed by atoms with van der Waals surface area (Å²) in [4.78, 5) is 17.6. The predicted molar refractivity (Wildman–Crippen MR) is 95.0 cm³/mol. The molecule has 1 aromatic heterocycles. The molecule has 0 bridgehead atoms. The minimum atomic E-state index is -4.18. The number of sulfonamides is 1. The molecule has 0 saturated carbocycles. The van der Waals surface area contributed by atoms with Gasteiger partial charge in [-0.05, 0) is 31.2 Å². The van der Waals surface area contributed by atoms with Crippen LogP contribution in [0.3, 0.4) is 0 Å². The molecule has 3 rings (SSSR count). The van der Waals surface area contributed by atoms with Gasteiger partial charge in [-0.25, -0.2) is 17.8 Å². The van der Waals surface area contributed by atoms with Crippen molar-refractivity contribution in [2.75, 3.05) is 25.4 Å². The summed E-state index contributed by atoms with van der Waals surface area (Å²) in [6.45, 7) is 2.17. The third-order valence-corrected chi connectivity index (χ3v) is 5.34. The highest BCUT2D eigenvalue weighted by molar-refractivity contribution is 7.92. The van der Waals surface area contributed by atoms with Crippen LogP contribution in [-0.2, 0) is 10.0 Å². The molecule has 1 aliphatic heterocycles. The summed E-state index contributed by atoms with van der Waals surface area (Å²) in [6, 6.07) is 4.49. The molecule has 144 valence electrons. The average Bonchev–Trinajstić information content (AvgIpc) is 2.71. The number of nitrogens with zero attached hydrogens (tertiary/aromatic N) is 2. The predicted octanol–water partition coefficient (Wildman–Crippen LogP) is 1.88. The SMILES string of the molecule is COc1ccc(F)cc1S(=O)(=O)Nc1cnc2c(c1)C(=O)N(C)CC(C)O2. The Morgan fingerprint density at radius 1 is 1.37 bits per heavy atom. The van der Waals surface area contributed by atoms with Crippen molar-refractivity contribution in [1.82, 2.24) is 9.88 Å². The van der Waals surface area contributed by atoms with Gasteiger partial charge in [0, 0.05) is 7.05 Å². The van der Waals surface area contributed by atoms with Crippen LogP contribution < -0.4 is 14.2 Å². The minimum Gasteiger partial charge on any atom is -0.495 e. The lowest BCUT2D eigenvalue weighted by atomic mass is 10.2. The first kappa shape index (κ1) is 18.9. The van der Waals surface area contributed by atoms with Crippen molar-refractivity contribution in [1.29, 1.82) is 0 Å². The smallest absolute Gasteiger partial charge is 0.265 e. The molecule has 0 spiro atoms. The number of amides is 1. The molecule has 0 aliphatic carbocycles. The van der Waals surface area contributed by atoms with Gasteiger partial charge in [0.2, 0.25) is 5.88 Å². The Bertz CT molecular complexity index is 996. The van der Waals surface area contributed by atoms with Crippen LogP contribution in [0.1, 0.15) is 17.3 Å². The molecule has 1 aromatic carbocycles. The van der Waals surface area contributed by atoms with Crippen LogP contribution in [0.2, 0.25) is 0 Å². The highest BCUT2D eigenvalue weighted by atomic mass is 32.2. The van der Waals surface area contributed by atoms with Gasteiger partial charge in [0.25, 0.3) is 15.9 Å².